The Kier molecular flexibility index (Phi) is 6.92. The number of hydrazine groups is 1. The molecule has 1 aromatic rings. The highest BCUT2D eigenvalue weighted by atomic mass is 32.2. The summed E-state index contributed by atoms with van der Waals surface area (Å²) < 4.78 is 25.4. The molecule has 3 N–H and O–H groups in total. The van der Waals surface area contributed by atoms with Crippen LogP contribution in [0, 0.1) is 0 Å². The lowest BCUT2D eigenvalue weighted by Crippen LogP contribution is -2.37. The molecule has 1 atom stereocenters. The molecular formula is C12H16N4O7S. The van der Waals surface area contributed by atoms with Gasteiger partial charge in [-0.05, 0) is 6.07 Å². The van der Waals surface area contributed by atoms with Crippen molar-refractivity contribution in [3.05, 3.63) is 17.2 Å². The largest absolute Gasteiger partial charge is 0.465 e. The average Bonchev–Trinajstić information content (AvgIpc) is 2.57. The Morgan fingerprint density at radius 2 is 1.71 bits per heavy atom. The van der Waals surface area contributed by atoms with E-state index in [1.807, 2.05) is 0 Å². The molecule has 0 radical (unpaired) electrons. The summed E-state index contributed by atoms with van der Waals surface area (Å²) >= 11 is -1.80. The summed E-state index contributed by atoms with van der Waals surface area (Å²) in [6.07, 6.45) is 1.22. The van der Waals surface area contributed by atoms with E-state index in [9.17, 15) is 18.6 Å². The molecule has 0 spiro atoms. The third-order valence-electron chi connectivity index (χ3n) is 2.52. The zero-order chi connectivity index (χ0) is 18.3. The lowest BCUT2D eigenvalue weighted by atomic mass is 10.1. The summed E-state index contributed by atoms with van der Waals surface area (Å²) in [5.74, 6) is -2.23. The molecule has 1 heterocycles. The molecule has 0 saturated heterocycles. The van der Waals surface area contributed by atoms with Gasteiger partial charge in [0.25, 0.3) is 0 Å². The number of aromatic nitrogens is 1. The van der Waals surface area contributed by atoms with Gasteiger partial charge in [-0.15, -0.1) is 0 Å². The fourth-order valence-corrected chi connectivity index (χ4v) is 1.82. The van der Waals surface area contributed by atoms with Gasteiger partial charge in [-0.1, -0.05) is 0 Å². The van der Waals surface area contributed by atoms with Crippen LogP contribution in [-0.4, -0.2) is 54.7 Å². The van der Waals surface area contributed by atoms with Crippen molar-refractivity contribution in [2.45, 2.75) is 0 Å². The van der Waals surface area contributed by atoms with Crippen LogP contribution in [0.25, 0.3) is 0 Å². The van der Waals surface area contributed by atoms with Gasteiger partial charge in [-0.3, -0.25) is 10.9 Å². The SMILES string of the molecule is CNC(=O)NNc1nc(OS(C)=O)c(C(=O)OC)cc1C(=O)OC. The van der Waals surface area contributed by atoms with E-state index in [0.29, 0.717) is 0 Å². The lowest BCUT2D eigenvalue weighted by Gasteiger charge is -2.14. The Labute approximate surface area is 139 Å². The van der Waals surface area contributed by atoms with E-state index >= 15 is 0 Å². The quantitative estimate of drug-likeness (QED) is 0.455. The number of nitrogens with zero attached hydrogens (tertiary/aromatic N) is 1. The molecule has 0 aliphatic rings. The Balaban J connectivity index is 3.41. The first-order valence-electron chi connectivity index (χ1n) is 6.31. The lowest BCUT2D eigenvalue weighted by molar-refractivity contribution is 0.0597. The molecule has 24 heavy (non-hydrogen) atoms. The molecule has 0 bridgehead atoms. The number of anilines is 1. The monoisotopic (exact) mass is 360 g/mol. The maximum Gasteiger partial charge on any atom is 0.343 e. The number of ether oxygens (including phenoxy) is 2. The van der Waals surface area contributed by atoms with E-state index in [-0.39, 0.29) is 22.8 Å². The number of hydrogen-bond donors (Lipinski definition) is 3. The van der Waals surface area contributed by atoms with Crippen LogP contribution in [0.15, 0.2) is 6.07 Å². The molecule has 0 fully saturated rings. The molecule has 0 aromatic carbocycles. The van der Waals surface area contributed by atoms with Gasteiger partial charge in [0.2, 0.25) is 17.0 Å². The van der Waals surface area contributed by atoms with Gasteiger partial charge < -0.3 is 19.0 Å². The molecule has 12 heteroatoms. The normalized spacial score (nSPS) is 11.0. The summed E-state index contributed by atoms with van der Waals surface area (Å²) in [6, 6.07) is 0.465. The first-order chi connectivity index (χ1) is 11.3. The van der Waals surface area contributed by atoms with E-state index in [1.165, 1.54) is 13.3 Å². The maximum atomic E-state index is 11.9. The van der Waals surface area contributed by atoms with Crippen LogP contribution < -0.4 is 20.4 Å². The van der Waals surface area contributed by atoms with Gasteiger partial charge in [-0.25, -0.2) is 18.6 Å². The van der Waals surface area contributed by atoms with E-state index in [0.717, 1.165) is 20.3 Å². The van der Waals surface area contributed by atoms with Gasteiger partial charge in [0, 0.05) is 13.3 Å². The van der Waals surface area contributed by atoms with Crippen LogP contribution in [0.2, 0.25) is 0 Å². The zero-order valence-corrected chi connectivity index (χ0v) is 14.1. The predicted molar refractivity (Wildman–Crippen MR) is 82.8 cm³/mol. The van der Waals surface area contributed by atoms with Gasteiger partial charge in [-0.2, -0.15) is 4.98 Å². The topological polar surface area (TPSA) is 145 Å². The minimum Gasteiger partial charge on any atom is -0.465 e. The van der Waals surface area contributed by atoms with Crippen LogP contribution in [0.5, 0.6) is 5.88 Å². The second-order valence-corrected chi connectivity index (χ2v) is 5.00. The van der Waals surface area contributed by atoms with Gasteiger partial charge in [0.15, 0.2) is 5.82 Å². The fourth-order valence-electron chi connectivity index (χ4n) is 1.47. The first kappa shape index (κ1) is 19.2. The van der Waals surface area contributed by atoms with Crippen molar-refractivity contribution >= 4 is 34.9 Å². The van der Waals surface area contributed by atoms with Crippen molar-refractivity contribution in [3.63, 3.8) is 0 Å². The van der Waals surface area contributed by atoms with Gasteiger partial charge >= 0.3 is 18.0 Å². The minimum absolute atomic E-state index is 0.177. The van der Waals surface area contributed by atoms with Crippen molar-refractivity contribution in [2.24, 2.45) is 0 Å². The molecule has 2 amide bonds. The molecule has 132 valence electrons. The molecular weight excluding hydrogens is 344 g/mol. The summed E-state index contributed by atoms with van der Waals surface area (Å²) in [5, 5.41) is 2.27. The molecule has 11 nitrogen and oxygen atoms in total. The number of pyridine rings is 1. The number of carbonyl (C=O) groups excluding carboxylic acids is 3. The van der Waals surface area contributed by atoms with Crippen molar-refractivity contribution < 1.29 is 32.2 Å². The average molecular weight is 360 g/mol. The molecule has 1 aromatic heterocycles. The molecule has 0 saturated carbocycles. The second-order valence-electron chi connectivity index (χ2n) is 4.03. The third-order valence-corrected chi connectivity index (χ3v) is 2.91. The van der Waals surface area contributed by atoms with E-state index in [1.54, 1.807) is 0 Å². The van der Waals surface area contributed by atoms with E-state index in [2.05, 4.69) is 30.6 Å². The predicted octanol–water partition coefficient (Wildman–Crippen LogP) is -0.417. The Bertz CT molecular complexity index is 680. The molecule has 0 aliphatic carbocycles. The molecule has 0 aliphatic heterocycles. The Hall–Kier alpha value is -2.89. The van der Waals surface area contributed by atoms with Crippen molar-refractivity contribution in [1.82, 2.24) is 15.7 Å². The Morgan fingerprint density at radius 1 is 1.12 bits per heavy atom. The van der Waals surface area contributed by atoms with Crippen LogP contribution >= 0.6 is 0 Å². The highest BCUT2D eigenvalue weighted by Crippen LogP contribution is 2.25. The number of urea groups is 1. The zero-order valence-electron chi connectivity index (χ0n) is 13.3. The molecule has 1 rings (SSSR count). The summed E-state index contributed by atoms with van der Waals surface area (Å²) in [7, 11) is 3.62. The maximum absolute atomic E-state index is 11.9. The second kappa shape index (κ2) is 8.67. The Morgan fingerprint density at radius 3 is 2.21 bits per heavy atom. The van der Waals surface area contributed by atoms with Crippen molar-refractivity contribution in [1.29, 1.82) is 0 Å². The van der Waals surface area contributed by atoms with Gasteiger partial charge in [0.05, 0.1) is 14.2 Å². The van der Waals surface area contributed by atoms with E-state index in [4.69, 9.17) is 4.18 Å². The number of nitrogens with one attached hydrogen (secondary N) is 3. The van der Waals surface area contributed by atoms with Crippen LogP contribution in [0.3, 0.4) is 0 Å². The summed E-state index contributed by atoms with van der Waals surface area (Å²) in [4.78, 5) is 38.8. The van der Waals surface area contributed by atoms with E-state index < -0.39 is 29.1 Å². The summed E-state index contributed by atoms with van der Waals surface area (Å²) in [6.45, 7) is 0. The van der Waals surface area contributed by atoms with Crippen molar-refractivity contribution in [3.8, 4) is 5.88 Å². The number of methoxy groups -OCH3 is 2. The number of amides is 2. The number of esters is 2. The van der Waals surface area contributed by atoms with Crippen molar-refractivity contribution in [2.75, 3.05) is 32.9 Å². The minimum atomic E-state index is -1.80. The fraction of sp³-hybridized carbons (Fsp3) is 0.333. The smallest absolute Gasteiger partial charge is 0.343 e. The number of hydrogen-bond acceptors (Lipinski definition) is 9. The standard InChI is InChI=1S/C12H16N4O7S/c1-13-12(19)16-15-8-6(10(17)21-2)5-7(11(18)22-3)9(14-8)23-24(4)20/h5H,1-4H3,(H,14,15)(H2,13,16,19). The third kappa shape index (κ3) is 4.81. The highest BCUT2D eigenvalue weighted by molar-refractivity contribution is 7.79. The van der Waals surface area contributed by atoms with Gasteiger partial charge in [0.1, 0.15) is 11.1 Å². The van der Waals surface area contributed by atoms with Crippen LogP contribution in [0.4, 0.5) is 10.6 Å². The van der Waals surface area contributed by atoms with Crippen LogP contribution in [-0.2, 0) is 20.6 Å². The summed E-state index contributed by atoms with van der Waals surface area (Å²) in [5.41, 5.74) is 4.15. The first-order valence-corrected chi connectivity index (χ1v) is 7.79. The molecule has 1 unspecified atom stereocenters. The highest BCUT2D eigenvalue weighted by Gasteiger charge is 2.24. The number of carbonyl (C=O) groups is 3. The van der Waals surface area contributed by atoms with Crippen LogP contribution in [0.1, 0.15) is 20.7 Å². The number of rotatable bonds is 6.